The van der Waals surface area contributed by atoms with E-state index in [1.54, 1.807) is 0 Å². The molecule has 0 saturated heterocycles. The van der Waals surface area contributed by atoms with E-state index in [1.165, 1.54) is 16.8 Å². The zero-order valence-electron chi connectivity index (χ0n) is 10.5. The molecule has 1 N–H and O–H groups in total. The first kappa shape index (κ1) is 11.1. The molecule has 0 spiro atoms. The predicted octanol–water partition coefficient (Wildman–Crippen LogP) is 3.79. The quantitative estimate of drug-likeness (QED) is 0.879. The highest BCUT2D eigenvalue weighted by molar-refractivity contribution is 5.59. The van der Waals surface area contributed by atoms with E-state index in [4.69, 9.17) is 4.74 Å². The maximum Gasteiger partial charge on any atom is 0.124 e. The number of hydrogen-bond acceptors (Lipinski definition) is 2. The minimum absolute atomic E-state index is 0.324. The van der Waals surface area contributed by atoms with Gasteiger partial charge >= 0.3 is 0 Å². The monoisotopic (exact) mass is 239 g/mol. The molecule has 1 aliphatic rings. The molecule has 1 unspecified atom stereocenters. The number of anilines is 1. The van der Waals surface area contributed by atoms with Crippen LogP contribution in [0.2, 0.25) is 0 Å². The zero-order chi connectivity index (χ0) is 12.4. The standard InChI is InChI=1S/C16H17NO/c1-2-18-16-10-6-4-8-13(16)15-11-12-7-3-5-9-14(12)17-15/h3-10,15,17H,2,11H2,1H3. The van der Waals surface area contributed by atoms with Gasteiger partial charge in [0.05, 0.1) is 12.6 Å². The summed E-state index contributed by atoms with van der Waals surface area (Å²) in [5.41, 5.74) is 3.87. The number of nitrogens with one attached hydrogen (secondary N) is 1. The molecule has 0 bridgehead atoms. The molecule has 2 heteroatoms. The van der Waals surface area contributed by atoms with Gasteiger partial charge in [0.1, 0.15) is 5.75 Å². The lowest BCUT2D eigenvalue weighted by molar-refractivity contribution is 0.335. The molecule has 92 valence electrons. The Morgan fingerprint density at radius 1 is 1.11 bits per heavy atom. The molecule has 1 aliphatic heterocycles. The number of hydrogen-bond donors (Lipinski definition) is 1. The highest BCUT2D eigenvalue weighted by Gasteiger charge is 2.23. The van der Waals surface area contributed by atoms with E-state index in [9.17, 15) is 0 Å². The Labute approximate surface area is 108 Å². The van der Waals surface area contributed by atoms with E-state index in [2.05, 4.69) is 41.7 Å². The average Bonchev–Trinajstić information content (AvgIpc) is 2.83. The van der Waals surface area contributed by atoms with Gasteiger partial charge in [-0.25, -0.2) is 0 Å². The number of fused-ring (bicyclic) bond motifs is 1. The third-order valence-corrected chi connectivity index (χ3v) is 3.37. The van der Waals surface area contributed by atoms with Crippen LogP contribution in [0.5, 0.6) is 5.75 Å². The summed E-state index contributed by atoms with van der Waals surface area (Å²) in [4.78, 5) is 0. The summed E-state index contributed by atoms with van der Waals surface area (Å²) in [7, 11) is 0. The van der Waals surface area contributed by atoms with Crippen molar-refractivity contribution >= 4 is 5.69 Å². The Kier molecular flexibility index (Phi) is 2.93. The second-order valence-corrected chi connectivity index (χ2v) is 4.53. The molecule has 0 radical (unpaired) electrons. The van der Waals surface area contributed by atoms with Crippen LogP contribution in [0, 0.1) is 0 Å². The third kappa shape index (κ3) is 1.94. The Morgan fingerprint density at radius 2 is 1.89 bits per heavy atom. The lowest BCUT2D eigenvalue weighted by atomic mass is 10.0. The van der Waals surface area contributed by atoms with Gasteiger partial charge in [0.15, 0.2) is 0 Å². The van der Waals surface area contributed by atoms with Gasteiger partial charge in [-0.3, -0.25) is 0 Å². The van der Waals surface area contributed by atoms with E-state index < -0.39 is 0 Å². The van der Waals surface area contributed by atoms with Gasteiger partial charge in [0.25, 0.3) is 0 Å². The van der Waals surface area contributed by atoms with E-state index in [-0.39, 0.29) is 0 Å². The molecule has 2 aromatic carbocycles. The van der Waals surface area contributed by atoms with Crippen LogP contribution in [0.25, 0.3) is 0 Å². The van der Waals surface area contributed by atoms with E-state index >= 15 is 0 Å². The smallest absolute Gasteiger partial charge is 0.124 e. The van der Waals surface area contributed by atoms with Crippen molar-refractivity contribution in [2.24, 2.45) is 0 Å². The number of ether oxygens (including phenoxy) is 1. The maximum atomic E-state index is 5.71. The molecule has 2 aromatic rings. The first-order chi connectivity index (χ1) is 8.88. The van der Waals surface area contributed by atoms with Gasteiger partial charge in [-0.2, -0.15) is 0 Å². The van der Waals surface area contributed by atoms with Gasteiger partial charge in [0.2, 0.25) is 0 Å². The minimum Gasteiger partial charge on any atom is -0.494 e. The van der Waals surface area contributed by atoms with Crippen molar-refractivity contribution in [2.45, 2.75) is 19.4 Å². The minimum atomic E-state index is 0.324. The van der Waals surface area contributed by atoms with Crippen LogP contribution in [0.4, 0.5) is 5.69 Å². The normalized spacial score (nSPS) is 17.1. The van der Waals surface area contributed by atoms with Crippen LogP contribution >= 0.6 is 0 Å². The molecule has 0 saturated carbocycles. The van der Waals surface area contributed by atoms with Crippen LogP contribution < -0.4 is 10.1 Å². The average molecular weight is 239 g/mol. The Balaban J connectivity index is 1.90. The molecule has 0 aromatic heterocycles. The lowest BCUT2D eigenvalue weighted by Crippen LogP contribution is -2.08. The molecule has 1 atom stereocenters. The maximum absolute atomic E-state index is 5.71. The summed E-state index contributed by atoms with van der Waals surface area (Å²) in [6, 6.07) is 17.1. The van der Waals surface area contributed by atoms with Crippen LogP contribution in [-0.4, -0.2) is 6.61 Å². The number of rotatable bonds is 3. The van der Waals surface area contributed by atoms with Crippen LogP contribution in [0.1, 0.15) is 24.1 Å². The van der Waals surface area contributed by atoms with Gasteiger partial charge in [-0.05, 0) is 31.0 Å². The van der Waals surface area contributed by atoms with Gasteiger partial charge in [-0.15, -0.1) is 0 Å². The van der Waals surface area contributed by atoms with Gasteiger partial charge in [0, 0.05) is 11.3 Å². The Hall–Kier alpha value is -1.96. The van der Waals surface area contributed by atoms with Crippen molar-refractivity contribution in [3.8, 4) is 5.75 Å². The molecule has 2 nitrogen and oxygen atoms in total. The molecular weight excluding hydrogens is 222 g/mol. The van der Waals surface area contributed by atoms with Crippen molar-refractivity contribution in [1.29, 1.82) is 0 Å². The molecule has 18 heavy (non-hydrogen) atoms. The topological polar surface area (TPSA) is 21.3 Å². The molecule has 3 rings (SSSR count). The van der Waals surface area contributed by atoms with E-state index in [0.717, 1.165) is 12.2 Å². The molecule has 0 amide bonds. The van der Waals surface area contributed by atoms with Crippen molar-refractivity contribution in [3.63, 3.8) is 0 Å². The zero-order valence-corrected chi connectivity index (χ0v) is 10.5. The second kappa shape index (κ2) is 4.73. The number of para-hydroxylation sites is 2. The second-order valence-electron chi connectivity index (χ2n) is 4.53. The first-order valence-electron chi connectivity index (χ1n) is 6.44. The van der Waals surface area contributed by atoms with Crippen molar-refractivity contribution in [1.82, 2.24) is 0 Å². The van der Waals surface area contributed by atoms with E-state index in [1.807, 2.05) is 19.1 Å². The fourth-order valence-electron chi connectivity index (χ4n) is 2.54. The third-order valence-electron chi connectivity index (χ3n) is 3.37. The fraction of sp³-hybridized carbons (Fsp3) is 0.250. The molecule has 0 fully saturated rings. The summed E-state index contributed by atoms with van der Waals surface area (Å²) >= 11 is 0. The fourth-order valence-corrected chi connectivity index (χ4v) is 2.54. The molecular formula is C16H17NO. The first-order valence-corrected chi connectivity index (χ1v) is 6.44. The van der Waals surface area contributed by atoms with Crippen molar-refractivity contribution in [3.05, 3.63) is 59.7 Å². The number of benzene rings is 2. The summed E-state index contributed by atoms with van der Waals surface area (Å²) in [5, 5.41) is 3.57. The summed E-state index contributed by atoms with van der Waals surface area (Å²) < 4.78 is 5.71. The van der Waals surface area contributed by atoms with E-state index in [0.29, 0.717) is 12.6 Å². The predicted molar refractivity (Wildman–Crippen MR) is 74.1 cm³/mol. The summed E-state index contributed by atoms with van der Waals surface area (Å²) in [5.74, 6) is 0.991. The van der Waals surface area contributed by atoms with Crippen LogP contribution in [0.3, 0.4) is 0 Å². The van der Waals surface area contributed by atoms with Crippen LogP contribution in [-0.2, 0) is 6.42 Å². The Morgan fingerprint density at radius 3 is 2.72 bits per heavy atom. The largest absolute Gasteiger partial charge is 0.494 e. The van der Waals surface area contributed by atoms with Gasteiger partial charge < -0.3 is 10.1 Å². The van der Waals surface area contributed by atoms with Gasteiger partial charge in [-0.1, -0.05) is 36.4 Å². The van der Waals surface area contributed by atoms with Crippen molar-refractivity contribution < 1.29 is 4.74 Å². The van der Waals surface area contributed by atoms with Crippen LogP contribution in [0.15, 0.2) is 48.5 Å². The molecule has 0 aliphatic carbocycles. The lowest BCUT2D eigenvalue weighted by Gasteiger charge is -2.16. The highest BCUT2D eigenvalue weighted by atomic mass is 16.5. The summed E-state index contributed by atoms with van der Waals surface area (Å²) in [6.45, 7) is 2.73. The van der Waals surface area contributed by atoms with Crippen molar-refractivity contribution in [2.75, 3.05) is 11.9 Å². The SMILES string of the molecule is CCOc1ccccc1C1Cc2ccccc2N1. The summed E-state index contributed by atoms with van der Waals surface area (Å²) in [6.07, 6.45) is 1.03. The Bertz CT molecular complexity index is 525. The molecule has 1 heterocycles. The highest BCUT2D eigenvalue weighted by Crippen LogP contribution is 2.37.